The molecule has 1 fully saturated rings. The second kappa shape index (κ2) is 7.82. The third kappa shape index (κ3) is 3.82. The zero-order chi connectivity index (χ0) is 21.5. The lowest BCUT2D eigenvalue weighted by molar-refractivity contribution is 0.191. The molecule has 10 heteroatoms. The Hall–Kier alpha value is -3.17. The second-order valence-electron chi connectivity index (χ2n) is 7.88. The largest absolute Gasteiger partial charge is 0.412 e. The average Bonchev–Trinajstić information content (AvgIpc) is 3.30. The summed E-state index contributed by atoms with van der Waals surface area (Å²) in [6, 6.07) is 5.87. The van der Waals surface area contributed by atoms with Crippen molar-refractivity contribution < 1.29 is 9.53 Å². The van der Waals surface area contributed by atoms with Gasteiger partial charge in [-0.3, -0.25) is 4.68 Å². The standard InChI is InChI=1S/C21H22ClN7O2/c1-29-16-8-11(22)2-7-14(16)18(28-29)15-9-24-20-19(27-15)17(10-25-20)31-21(30)26-13-5-3-12(23)4-6-13/h2,7-10,12-13H,3-6,23H2,1H3,(H,24,25)(H,26,30)/t12-,13-. The molecule has 0 radical (unpaired) electrons. The summed E-state index contributed by atoms with van der Waals surface area (Å²) in [6.07, 6.45) is 6.22. The van der Waals surface area contributed by atoms with Crippen LogP contribution in [0.4, 0.5) is 4.79 Å². The van der Waals surface area contributed by atoms with Crippen LogP contribution in [0.25, 0.3) is 33.5 Å². The first-order valence-corrected chi connectivity index (χ1v) is 10.6. The van der Waals surface area contributed by atoms with E-state index in [0.29, 0.717) is 33.3 Å². The van der Waals surface area contributed by atoms with Crippen LogP contribution in [0.15, 0.2) is 30.6 Å². The Morgan fingerprint density at radius 3 is 2.94 bits per heavy atom. The highest BCUT2D eigenvalue weighted by molar-refractivity contribution is 6.31. The molecule has 4 aromatic rings. The molecule has 3 heterocycles. The van der Waals surface area contributed by atoms with Crippen molar-refractivity contribution in [2.45, 2.75) is 37.8 Å². The third-order valence-corrected chi connectivity index (χ3v) is 5.93. The number of rotatable bonds is 3. The molecule has 1 aliphatic carbocycles. The normalized spacial score (nSPS) is 19.1. The quantitative estimate of drug-likeness (QED) is 0.448. The van der Waals surface area contributed by atoms with Gasteiger partial charge in [0.2, 0.25) is 0 Å². The van der Waals surface area contributed by atoms with E-state index in [1.807, 2.05) is 25.2 Å². The second-order valence-corrected chi connectivity index (χ2v) is 8.32. The van der Waals surface area contributed by atoms with Crippen molar-refractivity contribution in [1.82, 2.24) is 30.0 Å². The van der Waals surface area contributed by atoms with Crippen molar-refractivity contribution in [3.05, 3.63) is 35.6 Å². The Balaban J connectivity index is 1.42. The number of amides is 1. The van der Waals surface area contributed by atoms with Gasteiger partial charge < -0.3 is 20.8 Å². The molecule has 0 unspecified atom stereocenters. The fourth-order valence-corrected chi connectivity index (χ4v) is 4.21. The summed E-state index contributed by atoms with van der Waals surface area (Å²) in [7, 11) is 1.85. The van der Waals surface area contributed by atoms with Crippen LogP contribution in [0.3, 0.4) is 0 Å². The Labute approximate surface area is 182 Å². The zero-order valence-corrected chi connectivity index (χ0v) is 17.7. The van der Waals surface area contributed by atoms with Crippen LogP contribution in [-0.4, -0.2) is 42.9 Å². The van der Waals surface area contributed by atoms with E-state index in [4.69, 9.17) is 22.1 Å². The molecule has 1 saturated carbocycles. The lowest BCUT2D eigenvalue weighted by Gasteiger charge is -2.26. The molecule has 5 rings (SSSR count). The molecular weight excluding hydrogens is 418 g/mol. The Bertz CT molecular complexity index is 1270. The molecule has 0 aliphatic heterocycles. The number of carbonyl (C=O) groups is 1. The SMILES string of the molecule is Cn1nc(-c2cnc3[nH]cc(OC(=O)N[C@H]4CC[C@H](N)CC4)c3n2)c2ccc(Cl)cc21. The number of nitrogens with two attached hydrogens (primary N) is 1. The zero-order valence-electron chi connectivity index (χ0n) is 16.9. The topological polar surface area (TPSA) is 124 Å². The predicted octanol–water partition coefficient (Wildman–Crippen LogP) is 3.52. The number of H-pyrrole nitrogens is 1. The van der Waals surface area contributed by atoms with Gasteiger partial charge in [-0.15, -0.1) is 0 Å². The number of aryl methyl sites for hydroxylation is 1. The van der Waals surface area contributed by atoms with Crippen LogP contribution in [0.1, 0.15) is 25.7 Å². The Morgan fingerprint density at radius 2 is 2.13 bits per heavy atom. The Morgan fingerprint density at radius 1 is 1.32 bits per heavy atom. The lowest BCUT2D eigenvalue weighted by Crippen LogP contribution is -2.41. The van der Waals surface area contributed by atoms with Crippen molar-refractivity contribution >= 4 is 39.8 Å². The maximum atomic E-state index is 12.4. The molecule has 0 atom stereocenters. The van der Waals surface area contributed by atoms with Gasteiger partial charge >= 0.3 is 6.09 Å². The predicted molar refractivity (Wildman–Crippen MR) is 118 cm³/mol. The van der Waals surface area contributed by atoms with Crippen molar-refractivity contribution in [3.63, 3.8) is 0 Å². The number of aromatic nitrogens is 5. The van der Waals surface area contributed by atoms with Crippen LogP contribution in [-0.2, 0) is 7.05 Å². The van der Waals surface area contributed by atoms with E-state index < -0.39 is 6.09 Å². The van der Waals surface area contributed by atoms with E-state index in [9.17, 15) is 4.79 Å². The number of nitrogens with zero attached hydrogens (tertiary/aromatic N) is 4. The van der Waals surface area contributed by atoms with Gasteiger partial charge in [0.1, 0.15) is 11.4 Å². The van der Waals surface area contributed by atoms with Crippen LogP contribution in [0, 0.1) is 0 Å². The highest BCUT2D eigenvalue weighted by Crippen LogP contribution is 2.30. The highest BCUT2D eigenvalue weighted by atomic mass is 35.5. The first kappa shape index (κ1) is 19.8. The van der Waals surface area contributed by atoms with Crippen molar-refractivity contribution in [2.24, 2.45) is 12.8 Å². The van der Waals surface area contributed by atoms with E-state index >= 15 is 0 Å². The monoisotopic (exact) mass is 439 g/mol. The molecule has 0 saturated heterocycles. The van der Waals surface area contributed by atoms with E-state index in [2.05, 4.69) is 25.4 Å². The smallest absolute Gasteiger partial charge is 0.406 e. The van der Waals surface area contributed by atoms with Crippen LogP contribution >= 0.6 is 11.6 Å². The van der Waals surface area contributed by atoms with E-state index in [1.54, 1.807) is 17.1 Å². The summed E-state index contributed by atoms with van der Waals surface area (Å²) in [6.45, 7) is 0. The maximum absolute atomic E-state index is 12.4. The molecule has 0 spiro atoms. The number of nitrogens with one attached hydrogen (secondary N) is 2. The number of fused-ring (bicyclic) bond motifs is 2. The molecule has 1 amide bonds. The highest BCUT2D eigenvalue weighted by Gasteiger charge is 2.22. The molecule has 31 heavy (non-hydrogen) atoms. The number of ether oxygens (including phenoxy) is 1. The number of aromatic amines is 1. The van der Waals surface area contributed by atoms with Gasteiger partial charge in [0.05, 0.1) is 11.7 Å². The van der Waals surface area contributed by atoms with Gasteiger partial charge in [-0.25, -0.2) is 14.8 Å². The van der Waals surface area contributed by atoms with E-state index in [1.165, 1.54) is 0 Å². The Kier molecular flexibility index (Phi) is 4.99. The van der Waals surface area contributed by atoms with Crippen molar-refractivity contribution in [3.8, 4) is 17.1 Å². The van der Waals surface area contributed by atoms with Gasteiger partial charge in [-0.1, -0.05) is 11.6 Å². The molecule has 1 aromatic carbocycles. The van der Waals surface area contributed by atoms with Gasteiger partial charge in [-0.05, 0) is 43.9 Å². The number of halogens is 1. The molecule has 160 valence electrons. The number of carbonyl (C=O) groups excluding carboxylic acids is 1. The third-order valence-electron chi connectivity index (χ3n) is 5.70. The minimum absolute atomic E-state index is 0.0749. The molecule has 0 bridgehead atoms. The molecule has 9 nitrogen and oxygen atoms in total. The summed E-state index contributed by atoms with van der Waals surface area (Å²) in [5.74, 6) is 0.317. The van der Waals surface area contributed by atoms with Crippen molar-refractivity contribution in [1.29, 1.82) is 0 Å². The summed E-state index contributed by atoms with van der Waals surface area (Å²) in [5, 5.41) is 9.04. The fraction of sp³-hybridized carbons (Fsp3) is 0.333. The van der Waals surface area contributed by atoms with Gasteiger partial charge in [-0.2, -0.15) is 5.10 Å². The van der Waals surface area contributed by atoms with Gasteiger partial charge in [0.25, 0.3) is 0 Å². The first-order chi connectivity index (χ1) is 15.0. The maximum Gasteiger partial charge on any atom is 0.412 e. The first-order valence-electron chi connectivity index (χ1n) is 10.2. The van der Waals surface area contributed by atoms with Gasteiger partial charge in [0.15, 0.2) is 16.9 Å². The van der Waals surface area contributed by atoms with Crippen LogP contribution < -0.4 is 15.8 Å². The molecule has 3 aromatic heterocycles. The van der Waals surface area contributed by atoms with Crippen LogP contribution in [0.5, 0.6) is 5.75 Å². The van der Waals surface area contributed by atoms with Crippen LogP contribution in [0.2, 0.25) is 5.02 Å². The van der Waals surface area contributed by atoms with E-state index in [0.717, 1.165) is 36.6 Å². The fourth-order valence-electron chi connectivity index (χ4n) is 4.04. The molecule has 1 aliphatic rings. The van der Waals surface area contributed by atoms with E-state index in [-0.39, 0.29) is 12.1 Å². The summed E-state index contributed by atoms with van der Waals surface area (Å²) < 4.78 is 7.29. The molecular formula is C21H22ClN7O2. The summed E-state index contributed by atoms with van der Waals surface area (Å²) >= 11 is 6.12. The summed E-state index contributed by atoms with van der Waals surface area (Å²) in [4.78, 5) is 24.5. The lowest BCUT2D eigenvalue weighted by atomic mass is 9.92. The minimum Gasteiger partial charge on any atom is -0.406 e. The molecule has 4 N–H and O–H groups in total. The number of hydrogen-bond acceptors (Lipinski definition) is 6. The van der Waals surface area contributed by atoms with Gasteiger partial charge in [0, 0.05) is 35.7 Å². The average molecular weight is 440 g/mol. The van der Waals surface area contributed by atoms with Crippen molar-refractivity contribution in [2.75, 3.05) is 0 Å². The minimum atomic E-state index is -0.508. The summed E-state index contributed by atoms with van der Waals surface area (Å²) in [5.41, 5.74) is 9.06. The number of benzene rings is 1. The number of hydrogen-bond donors (Lipinski definition) is 3.